The van der Waals surface area contributed by atoms with Crippen LogP contribution in [0.2, 0.25) is 0 Å². The van der Waals surface area contributed by atoms with Crippen LogP contribution in [-0.2, 0) is 12.0 Å². The number of carbonyl (C=O) groups is 1. The van der Waals surface area contributed by atoms with E-state index in [2.05, 4.69) is 5.32 Å². The van der Waals surface area contributed by atoms with Gasteiger partial charge >= 0.3 is 0 Å². The van der Waals surface area contributed by atoms with E-state index < -0.39 is 5.60 Å². The Balaban J connectivity index is 2.38. The third kappa shape index (κ3) is 3.31. The lowest BCUT2D eigenvalue weighted by Gasteiger charge is -2.28. The van der Waals surface area contributed by atoms with Gasteiger partial charge in [0.2, 0.25) is 0 Å². The Morgan fingerprint density at radius 2 is 1.71 bits per heavy atom. The molecule has 3 heteroatoms. The summed E-state index contributed by atoms with van der Waals surface area (Å²) in [6, 6.07) is 17.0. The van der Waals surface area contributed by atoms with Gasteiger partial charge in [0.1, 0.15) is 0 Å². The normalized spacial score (nSPS) is 13.5. The molecule has 0 saturated heterocycles. The van der Waals surface area contributed by atoms with Crippen LogP contribution in [0, 0.1) is 0 Å². The quantitative estimate of drug-likeness (QED) is 0.886. The van der Waals surface area contributed by atoms with E-state index in [1.165, 1.54) is 0 Å². The predicted molar refractivity (Wildman–Crippen MR) is 84.2 cm³/mol. The fourth-order valence-electron chi connectivity index (χ4n) is 2.53. The summed E-state index contributed by atoms with van der Waals surface area (Å²) in [6.45, 7) is 1.95. The summed E-state index contributed by atoms with van der Waals surface area (Å²) >= 11 is 0. The van der Waals surface area contributed by atoms with Crippen LogP contribution in [0.3, 0.4) is 0 Å². The number of hydrogen-bond acceptors (Lipinski definition) is 2. The molecule has 110 valence electrons. The zero-order valence-corrected chi connectivity index (χ0v) is 12.5. The maximum atomic E-state index is 12.0. The number of aliphatic hydroxyl groups is 1. The smallest absolute Gasteiger partial charge is 0.251 e. The van der Waals surface area contributed by atoms with Crippen LogP contribution in [0.4, 0.5) is 0 Å². The lowest BCUT2D eigenvalue weighted by Crippen LogP contribution is -2.29. The van der Waals surface area contributed by atoms with Gasteiger partial charge in [-0.15, -0.1) is 0 Å². The zero-order valence-electron chi connectivity index (χ0n) is 12.5. The molecule has 2 rings (SSSR count). The van der Waals surface area contributed by atoms with Crippen molar-refractivity contribution in [2.45, 2.75) is 25.4 Å². The van der Waals surface area contributed by atoms with Crippen molar-refractivity contribution in [3.63, 3.8) is 0 Å². The summed E-state index contributed by atoms with van der Waals surface area (Å²) in [5, 5.41) is 13.6. The largest absolute Gasteiger partial charge is 0.385 e. The van der Waals surface area contributed by atoms with Crippen molar-refractivity contribution in [1.29, 1.82) is 0 Å². The first-order chi connectivity index (χ1) is 10.1. The maximum absolute atomic E-state index is 12.0. The first kappa shape index (κ1) is 15.3. The fraction of sp³-hybridized carbons (Fsp3) is 0.278. The van der Waals surface area contributed by atoms with Gasteiger partial charge in [-0.25, -0.2) is 0 Å². The second-order valence-corrected chi connectivity index (χ2v) is 5.16. The van der Waals surface area contributed by atoms with E-state index in [-0.39, 0.29) is 5.91 Å². The summed E-state index contributed by atoms with van der Waals surface area (Å²) in [4.78, 5) is 12.0. The Morgan fingerprint density at radius 1 is 1.10 bits per heavy atom. The number of amides is 1. The van der Waals surface area contributed by atoms with Crippen LogP contribution >= 0.6 is 0 Å². The van der Waals surface area contributed by atoms with E-state index in [9.17, 15) is 9.90 Å². The standard InChI is InChI=1S/C18H21NO2/c1-3-18(21,15-10-5-4-6-11-15)13-14-9-7-8-12-16(14)17(20)19-2/h4-12,21H,3,13H2,1-2H3,(H,19,20). The summed E-state index contributed by atoms with van der Waals surface area (Å²) in [5.41, 5.74) is 1.37. The Labute approximate surface area is 125 Å². The van der Waals surface area contributed by atoms with Crippen LogP contribution < -0.4 is 5.32 Å². The minimum absolute atomic E-state index is 0.128. The second-order valence-electron chi connectivity index (χ2n) is 5.16. The van der Waals surface area contributed by atoms with Crippen molar-refractivity contribution in [2.75, 3.05) is 7.05 Å². The minimum Gasteiger partial charge on any atom is -0.385 e. The number of rotatable bonds is 5. The van der Waals surface area contributed by atoms with E-state index >= 15 is 0 Å². The van der Waals surface area contributed by atoms with Gasteiger partial charge < -0.3 is 10.4 Å². The molecule has 1 amide bonds. The van der Waals surface area contributed by atoms with E-state index in [1.807, 2.05) is 55.5 Å². The van der Waals surface area contributed by atoms with Crippen LogP contribution in [-0.4, -0.2) is 18.1 Å². The van der Waals surface area contributed by atoms with Crippen molar-refractivity contribution in [3.05, 3.63) is 71.3 Å². The molecule has 0 saturated carbocycles. The highest BCUT2D eigenvalue weighted by molar-refractivity contribution is 5.95. The van der Waals surface area contributed by atoms with Gasteiger partial charge in [-0.05, 0) is 23.6 Å². The van der Waals surface area contributed by atoms with Gasteiger partial charge in [0.25, 0.3) is 5.91 Å². The molecule has 1 unspecified atom stereocenters. The molecule has 3 nitrogen and oxygen atoms in total. The predicted octanol–water partition coefficient (Wildman–Crippen LogP) is 2.89. The number of nitrogens with one attached hydrogen (secondary N) is 1. The molecule has 0 aliphatic rings. The molecule has 0 aromatic heterocycles. The van der Waals surface area contributed by atoms with Crippen LogP contribution in [0.25, 0.3) is 0 Å². The van der Waals surface area contributed by atoms with Gasteiger partial charge in [0, 0.05) is 19.0 Å². The summed E-state index contributed by atoms with van der Waals surface area (Å²) in [7, 11) is 1.61. The van der Waals surface area contributed by atoms with E-state index in [4.69, 9.17) is 0 Å². The lowest BCUT2D eigenvalue weighted by molar-refractivity contribution is 0.0325. The van der Waals surface area contributed by atoms with Crippen molar-refractivity contribution in [1.82, 2.24) is 5.32 Å². The maximum Gasteiger partial charge on any atom is 0.251 e. The van der Waals surface area contributed by atoms with Gasteiger partial charge in [0.05, 0.1) is 5.60 Å². The van der Waals surface area contributed by atoms with Crippen molar-refractivity contribution >= 4 is 5.91 Å². The highest BCUT2D eigenvalue weighted by Crippen LogP contribution is 2.30. The van der Waals surface area contributed by atoms with Gasteiger partial charge in [-0.3, -0.25) is 4.79 Å². The monoisotopic (exact) mass is 283 g/mol. The molecule has 0 aliphatic heterocycles. The Bertz CT molecular complexity index is 610. The molecule has 0 heterocycles. The molecule has 0 bridgehead atoms. The van der Waals surface area contributed by atoms with Gasteiger partial charge in [0.15, 0.2) is 0 Å². The van der Waals surface area contributed by atoms with Gasteiger partial charge in [-0.1, -0.05) is 55.5 Å². The number of hydrogen-bond donors (Lipinski definition) is 2. The van der Waals surface area contributed by atoms with Gasteiger partial charge in [-0.2, -0.15) is 0 Å². The van der Waals surface area contributed by atoms with Crippen molar-refractivity contribution in [3.8, 4) is 0 Å². The first-order valence-corrected chi connectivity index (χ1v) is 7.18. The average molecular weight is 283 g/mol. The van der Waals surface area contributed by atoms with Crippen LogP contribution in [0.1, 0.15) is 34.8 Å². The molecule has 2 aromatic carbocycles. The lowest BCUT2D eigenvalue weighted by atomic mass is 9.83. The zero-order chi connectivity index (χ0) is 15.3. The third-order valence-electron chi connectivity index (χ3n) is 3.87. The summed E-state index contributed by atoms with van der Waals surface area (Å²) < 4.78 is 0. The Hall–Kier alpha value is -2.13. The molecule has 0 radical (unpaired) electrons. The van der Waals surface area contributed by atoms with Crippen LogP contribution in [0.5, 0.6) is 0 Å². The Morgan fingerprint density at radius 3 is 2.33 bits per heavy atom. The Kier molecular flexibility index (Phi) is 4.76. The molecule has 0 fully saturated rings. The molecule has 0 aliphatic carbocycles. The number of benzene rings is 2. The van der Waals surface area contributed by atoms with Crippen LogP contribution in [0.15, 0.2) is 54.6 Å². The minimum atomic E-state index is -0.967. The number of carbonyl (C=O) groups excluding carboxylic acids is 1. The molecule has 0 spiro atoms. The summed E-state index contributed by atoms with van der Waals surface area (Å²) in [6.07, 6.45) is 0.996. The molecule has 21 heavy (non-hydrogen) atoms. The summed E-state index contributed by atoms with van der Waals surface area (Å²) in [5.74, 6) is -0.128. The highest BCUT2D eigenvalue weighted by atomic mass is 16.3. The molecule has 2 N–H and O–H groups in total. The molecular weight excluding hydrogens is 262 g/mol. The van der Waals surface area contributed by atoms with E-state index in [0.717, 1.165) is 11.1 Å². The van der Waals surface area contributed by atoms with Crippen molar-refractivity contribution in [2.24, 2.45) is 0 Å². The van der Waals surface area contributed by atoms with E-state index in [1.54, 1.807) is 13.1 Å². The third-order valence-corrected chi connectivity index (χ3v) is 3.87. The highest BCUT2D eigenvalue weighted by Gasteiger charge is 2.28. The molecule has 1 atom stereocenters. The van der Waals surface area contributed by atoms with E-state index in [0.29, 0.717) is 18.4 Å². The topological polar surface area (TPSA) is 49.3 Å². The molecular formula is C18H21NO2. The first-order valence-electron chi connectivity index (χ1n) is 7.18. The van der Waals surface area contributed by atoms with Crippen molar-refractivity contribution < 1.29 is 9.90 Å². The SMILES string of the molecule is CCC(O)(Cc1ccccc1C(=O)NC)c1ccccc1. The fourth-order valence-corrected chi connectivity index (χ4v) is 2.53. The second kappa shape index (κ2) is 6.55. The average Bonchev–Trinajstić information content (AvgIpc) is 2.55. The molecule has 2 aromatic rings.